The summed E-state index contributed by atoms with van der Waals surface area (Å²) in [4.78, 5) is 9.02. The van der Waals surface area contributed by atoms with Gasteiger partial charge in [-0.2, -0.15) is 0 Å². The highest BCUT2D eigenvalue weighted by atomic mass is 16.5. The van der Waals surface area contributed by atoms with Crippen LogP contribution in [0.3, 0.4) is 0 Å². The van der Waals surface area contributed by atoms with Gasteiger partial charge in [0.1, 0.15) is 23.5 Å². The van der Waals surface area contributed by atoms with E-state index in [0.29, 0.717) is 12.6 Å². The number of hydrogen-bond donors (Lipinski definition) is 2. The van der Waals surface area contributed by atoms with Gasteiger partial charge in [-0.3, -0.25) is 0 Å². The van der Waals surface area contributed by atoms with Crippen molar-refractivity contribution in [2.45, 2.75) is 43.9 Å². The quantitative estimate of drug-likeness (QED) is 0.757. The van der Waals surface area contributed by atoms with Gasteiger partial charge < -0.3 is 19.7 Å². The van der Waals surface area contributed by atoms with Crippen molar-refractivity contribution in [3.05, 3.63) is 48.4 Å². The Hall–Kier alpha value is -2.60. The molecule has 0 spiro atoms. The van der Waals surface area contributed by atoms with E-state index in [9.17, 15) is 5.11 Å². The zero-order valence-electron chi connectivity index (χ0n) is 14.5. The summed E-state index contributed by atoms with van der Waals surface area (Å²) in [6.45, 7) is 0.698. The van der Waals surface area contributed by atoms with E-state index in [0.717, 1.165) is 48.3 Å². The van der Waals surface area contributed by atoms with Gasteiger partial charge >= 0.3 is 0 Å². The van der Waals surface area contributed by atoms with Crippen molar-refractivity contribution in [1.82, 2.24) is 14.5 Å². The predicted octanol–water partition coefficient (Wildman–Crippen LogP) is 3.45. The Morgan fingerprint density at radius 2 is 2.04 bits per heavy atom. The van der Waals surface area contributed by atoms with Crippen LogP contribution in [0.15, 0.2) is 42.9 Å². The SMILES string of the molecule is O[C@@H]1CC[C@@H](n2ccc3c(N[C@H]4CCOc5ccccc54)ncnc32)C1. The predicted molar refractivity (Wildman–Crippen MR) is 99.3 cm³/mol. The Morgan fingerprint density at radius 1 is 1.12 bits per heavy atom. The van der Waals surface area contributed by atoms with E-state index in [1.807, 2.05) is 18.2 Å². The highest BCUT2D eigenvalue weighted by molar-refractivity contribution is 5.87. The molecule has 0 radical (unpaired) electrons. The fraction of sp³-hybridized carbons (Fsp3) is 0.400. The van der Waals surface area contributed by atoms with Gasteiger partial charge in [0.05, 0.1) is 24.1 Å². The lowest BCUT2D eigenvalue weighted by Gasteiger charge is -2.27. The number of benzene rings is 1. The molecule has 3 atom stereocenters. The van der Waals surface area contributed by atoms with Crippen molar-refractivity contribution in [3.63, 3.8) is 0 Å². The summed E-state index contributed by atoms with van der Waals surface area (Å²) in [5.74, 6) is 1.80. The molecule has 1 fully saturated rings. The smallest absolute Gasteiger partial charge is 0.145 e. The van der Waals surface area contributed by atoms with E-state index in [1.54, 1.807) is 6.33 Å². The maximum absolute atomic E-state index is 9.86. The number of anilines is 1. The lowest BCUT2D eigenvalue weighted by molar-refractivity contribution is 0.178. The van der Waals surface area contributed by atoms with Crippen molar-refractivity contribution in [1.29, 1.82) is 0 Å². The van der Waals surface area contributed by atoms with Crippen LogP contribution in [0.25, 0.3) is 11.0 Å². The van der Waals surface area contributed by atoms with Crippen LogP contribution in [0.1, 0.15) is 43.3 Å². The number of ether oxygens (including phenoxy) is 1. The molecule has 0 unspecified atom stereocenters. The third-order valence-electron chi connectivity index (χ3n) is 5.55. The van der Waals surface area contributed by atoms with Crippen LogP contribution in [0.2, 0.25) is 0 Å². The van der Waals surface area contributed by atoms with Crippen molar-refractivity contribution >= 4 is 16.9 Å². The molecule has 26 heavy (non-hydrogen) atoms. The van der Waals surface area contributed by atoms with Crippen molar-refractivity contribution < 1.29 is 9.84 Å². The maximum atomic E-state index is 9.86. The fourth-order valence-electron chi connectivity index (χ4n) is 4.22. The third kappa shape index (κ3) is 2.61. The molecule has 2 N–H and O–H groups in total. The normalized spacial score (nSPS) is 25.0. The second-order valence-corrected chi connectivity index (χ2v) is 7.18. The molecule has 6 nitrogen and oxygen atoms in total. The topological polar surface area (TPSA) is 72.2 Å². The first kappa shape index (κ1) is 15.6. The number of nitrogens with zero attached hydrogens (tertiary/aromatic N) is 3. The first-order valence-corrected chi connectivity index (χ1v) is 9.27. The van der Waals surface area contributed by atoms with Crippen LogP contribution in [0.5, 0.6) is 5.75 Å². The molecule has 134 valence electrons. The summed E-state index contributed by atoms with van der Waals surface area (Å²) < 4.78 is 7.95. The van der Waals surface area contributed by atoms with E-state index in [4.69, 9.17) is 4.74 Å². The Kier molecular flexibility index (Phi) is 3.78. The summed E-state index contributed by atoms with van der Waals surface area (Å²) in [7, 11) is 0. The van der Waals surface area contributed by atoms with E-state index < -0.39 is 0 Å². The summed E-state index contributed by atoms with van der Waals surface area (Å²) in [5, 5.41) is 14.5. The maximum Gasteiger partial charge on any atom is 0.145 e. The molecule has 1 saturated carbocycles. The summed E-state index contributed by atoms with van der Waals surface area (Å²) in [6.07, 6.45) is 7.05. The zero-order chi connectivity index (χ0) is 17.5. The first-order valence-electron chi connectivity index (χ1n) is 9.27. The van der Waals surface area contributed by atoms with Crippen LogP contribution in [0, 0.1) is 0 Å². The average molecular weight is 350 g/mol. The minimum absolute atomic E-state index is 0.176. The van der Waals surface area contributed by atoms with E-state index in [2.05, 4.69) is 38.2 Å². The number of nitrogens with one attached hydrogen (secondary N) is 1. The molecule has 3 heterocycles. The number of aromatic nitrogens is 3. The summed E-state index contributed by atoms with van der Waals surface area (Å²) >= 11 is 0. The molecular weight excluding hydrogens is 328 g/mol. The largest absolute Gasteiger partial charge is 0.493 e. The lowest BCUT2D eigenvalue weighted by Crippen LogP contribution is -2.21. The Labute approximate surface area is 151 Å². The minimum Gasteiger partial charge on any atom is -0.493 e. The second-order valence-electron chi connectivity index (χ2n) is 7.18. The van der Waals surface area contributed by atoms with Gasteiger partial charge in [-0.05, 0) is 31.4 Å². The molecule has 2 aliphatic rings. The van der Waals surface area contributed by atoms with Crippen molar-refractivity contribution in [2.24, 2.45) is 0 Å². The van der Waals surface area contributed by atoms with Crippen LogP contribution in [-0.2, 0) is 0 Å². The summed E-state index contributed by atoms with van der Waals surface area (Å²) in [5.41, 5.74) is 2.10. The fourth-order valence-corrected chi connectivity index (χ4v) is 4.22. The molecule has 6 heteroatoms. The molecule has 3 aromatic rings. The number of aliphatic hydroxyl groups excluding tert-OH is 1. The minimum atomic E-state index is -0.198. The number of rotatable bonds is 3. The molecule has 0 bridgehead atoms. The van der Waals surface area contributed by atoms with Gasteiger partial charge in [0.15, 0.2) is 0 Å². The number of fused-ring (bicyclic) bond motifs is 2. The van der Waals surface area contributed by atoms with Gasteiger partial charge in [-0.15, -0.1) is 0 Å². The number of hydrogen-bond acceptors (Lipinski definition) is 5. The van der Waals surface area contributed by atoms with Crippen LogP contribution < -0.4 is 10.1 Å². The number of para-hydroxylation sites is 1. The average Bonchev–Trinajstić information content (AvgIpc) is 3.28. The Bertz CT molecular complexity index is 938. The van der Waals surface area contributed by atoms with Gasteiger partial charge in [-0.25, -0.2) is 9.97 Å². The Balaban J connectivity index is 1.48. The lowest BCUT2D eigenvalue weighted by atomic mass is 10.0. The Morgan fingerprint density at radius 3 is 2.92 bits per heavy atom. The first-order chi connectivity index (χ1) is 12.8. The molecule has 1 aliphatic heterocycles. The highest BCUT2D eigenvalue weighted by Crippen LogP contribution is 2.37. The van der Waals surface area contributed by atoms with Crippen LogP contribution in [-0.4, -0.2) is 32.4 Å². The summed E-state index contributed by atoms with van der Waals surface area (Å²) in [6, 6.07) is 10.7. The molecule has 2 aromatic heterocycles. The van der Waals surface area contributed by atoms with Crippen molar-refractivity contribution in [2.75, 3.05) is 11.9 Å². The third-order valence-corrected chi connectivity index (χ3v) is 5.55. The molecule has 0 saturated heterocycles. The number of aliphatic hydroxyl groups is 1. The van der Waals surface area contributed by atoms with Gasteiger partial charge in [0, 0.05) is 24.2 Å². The van der Waals surface area contributed by atoms with Crippen molar-refractivity contribution in [3.8, 4) is 5.75 Å². The second kappa shape index (κ2) is 6.29. The molecule has 0 amide bonds. The molecule has 1 aromatic carbocycles. The monoisotopic (exact) mass is 350 g/mol. The van der Waals surface area contributed by atoms with Gasteiger partial charge in [0.2, 0.25) is 0 Å². The van der Waals surface area contributed by atoms with E-state index >= 15 is 0 Å². The zero-order valence-corrected chi connectivity index (χ0v) is 14.5. The van der Waals surface area contributed by atoms with Gasteiger partial charge in [0.25, 0.3) is 0 Å². The van der Waals surface area contributed by atoms with E-state index in [-0.39, 0.29) is 12.1 Å². The van der Waals surface area contributed by atoms with Crippen LogP contribution in [0.4, 0.5) is 5.82 Å². The molecule has 5 rings (SSSR count). The van der Waals surface area contributed by atoms with E-state index in [1.165, 1.54) is 5.56 Å². The highest BCUT2D eigenvalue weighted by Gasteiger charge is 2.26. The van der Waals surface area contributed by atoms with Gasteiger partial charge in [-0.1, -0.05) is 18.2 Å². The van der Waals surface area contributed by atoms with Crippen LogP contribution >= 0.6 is 0 Å². The molecular formula is C20H22N4O2. The molecule has 1 aliphatic carbocycles. The standard InChI is InChI=1S/C20H22N4O2/c25-14-6-5-13(11-14)24-9-7-16-19(21-12-22-20(16)24)23-17-8-10-26-18-4-2-1-3-15(17)18/h1-4,7,9,12-14,17,25H,5-6,8,10-11H2,(H,21,22,23)/t13-,14-,17+/m1/s1.